The molecule has 134 valence electrons. The summed E-state index contributed by atoms with van der Waals surface area (Å²) in [5, 5.41) is 0. The van der Waals surface area contributed by atoms with Gasteiger partial charge in [0.05, 0.1) is 28.4 Å². The monoisotopic (exact) mass is 342 g/mol. The van der Waals surface area contributed by atoms with E-state index in [4.69, 9.17) is 0 Å². The van der Waals surface area contributed by atoms with Crippen molar-refractivity contribution in [2.45, 2.75) is 12.8 Å². The molecular formula is C16H22O8. The predicted molar refractivity (Wildman–Crippen MR) is 80.4 cm³/mol. The first-order valence-electron chi connectivity index (χ1n) is 7.40. The maximum atomic E-state index is 11.8. The fraction of sp³-hybridized carbons (Fsp3) is 0.625. The molecule has 0 heterocycles. The topological polar surface area (TPSA) is 105 Å². The minimum Gasteiger partial charge on any atom is -0.468 e. The maximum Gasteiger partial charge on any atom is 0.320 e. The number of carbonyl (C=O) groups is 4. The van der Waals surface area contributed by atoms with E-state index in [1.807, 2.05) is 0 Å². The second-order valence-corrected chi connectivity index (χ2v) is 5.34. The molecule has 1 aliphatic rings. The minimum atomic E-state index is -1.08. The molecule has 1 rings (SSSR count). The van der Waals surface area contributed by atoms with E-state index < -0.39 is 47.5 Å². The summed E-state index contributed by atoms with van der Waals surface area (Å²) in [4.78, 5) is 47.3. The lowest BCUT2D eigenvalue weighted by Crippen LogP contribution is -2.37. The molecule has 0 spiro atoms. The van der Waals surface area contributed by atoms with E-state index in [9.17, 15) is 19.2 Å². The van der Waals surface area contributed by atoms with Crippen molar-refractivity contribution < 1.29 is 38.1 Å². The molecule has 0 N–H and O–H groups in total. The number of rotatable bonds is 6. The van der Waals surface area contributed by atoms with Gasteiger partial charge in [0.1, 0.15) is 0 Å². The number of methoxy groups -OCH3 is 4. The highest BCUT2D eigenvalue weighted by Crippen LogP contribution is 2.33. The summed E-state index contributed by atoms with van der Waals surface area (Å²) >= 11 is 0. The predicted octanol–water partition coefficient (Wildman–Crippen LogP) is 0.493. The minimum absolute atomic E-state index is 0.403. The smallest absolute Gasteiger partial charge is 0.320 e. The summed E-state index contributed by atoms with van der Waals surface area (Å²) in [5.74, 6) is -5.77. The van der Waals surface area contributed by atoms with Gasteiger partial charge in [-0.25, -0.2) is 0 Å². The molecular weight excluding hydrogens is 320 g/mol. The fourth-order valence-electron chi connectivity index (χ4n) is 2.82. The SMILES string of the molecule is COC(=O)C(C(=O)OC)C1C=CC(C(C(=O)OC)C(=O)OC)CC1. The molecule has 2 unspecified atom stereocenters. The standard InChI is InChI=1S/C16H22O8/c1-21-13(17)11(14(18)22-2)9-5-7-10(8-6-9)12(15(19)23-3)16(20)24-4/h5,7,9-12H,6,8H2,1-4H3. The number of allylic oxidation sites excluding steroid dienone is 2. The van der Waals surface area contributed by atoms with Crippen LogP contribution in [-0.2, 0) is 38.1 Å². The quantitative estimate of drug-likeness (QED) is 0.297. The molecule has 0 aromatic carbocycles. The van der Waals surface area contributed by atoms with Crippen LogP contribution in [0.2, 0.25) is 0 Å². The van der Waals surface area contributed by atoms with Gasteiger partial charge in [0.25, 0.3) is 0 Å². The Morgan fingerprint density at radius 1 is 0.667 bits per heavy atom. The van der Waals surface area contributed by atoms with Crippen LogP contribution in [0.1, 0.15) is 12.8 Å². The Labute approximate surface area is 140 Å². The largest absolute Gasteiger partial charge is 0.468 e. The first-order valence-corrected chi connectivity index (χ1v) is 7.40. The van der Waals surface area contributed by atoms with Gasteiger partial charge < -0.3 is 18.9 Å². The zero-order valence-corrected chi connectivity index (χ0v) is 14.1. The molecule has 2 atom stereocenters. The van der Waals surface area contributed by atoms with Crippen molar-refractivity contribution in [2.24, 2.45) is 23.7 Å². The van der Waals surface area contributed by atoms with Gasteiger partial charge in [-0.2, -0.15) is 0 Å². The number of carbonyl (C=O) groups excluding carboxylic acids is 4. The Morgan fingerprint density at radius 2 is 0.917 bits per heavy atom. The first kappa shape index (κ1) is 19.7. The van der Waals surface area contributed by atoms with Gasteiger partial charge in [-0.05, 0) is 12.8 Å². The van der Waals surface area contributed by atoms with Crippen LogP contribution in [0.25, 0.3) is 0 Å². The van der Waals surface area contributed by atoms with Crippen molar-refractivity contribution in [3.63, 3.8) is 0 Å². The van der Waals surface area contributed by atoms with E-state index >= 15 is 0 Å². The van der Waals surface area contributed by atoms with E-state index in [0.717, 1.165) is 0 Å². The number of ether oxygens (including phenoxy) is 4. The van der Waals surface area contributed by atoms with Crippen LogP contribution >= 0.6 is 0 Å². The van der Waals surface area contributed by atoms with Gasteiger partial charge in [0.2, 0.25) is 0 Å². The highest BCUT2D eigenvalue weighted by molar-refractivity contribution is 5.96. The zero-order chi connectivity index (χ0) is 18.3. The Kier molecular flexibility index (Phi) is 7.41. The summed E-state index contributed by atoms with van der Waals surface area (Å²) in [6.45, 7) is 0. The van der Waals surface area contributed by atoms with Crippen LogP contribution < -0.4 is 0 Å². The van der Waals surface area contributed by atoms with Crippen molar-refractivity contribution in [2.75, 3.05) is 28.4 Å². The summed E-state index contributed by atoms with van der Waals surface area (Å²) < 4.78 is 18.6. The third kappa shape index (κ3) is 4.33. The molecule has 8 nitrogen and oxygen atoms in total. The second kappa shape index (κ2) is 9.05. The van der Waals surface area contributed by atoms with Crippen LogP contribution in [0.3, 0.4) is 0 Å². The molecule has 0 amide bonds. The molecule has 1 aliphatic carbocycles. The van der Waals surface area contributed by atoms with E-state index in [0.29, 0.717) is 12.8 Å². The van der Waals surface area contributed by atoms with Gasteiger partial charge >= 0.3 is 23.9 Å². The Morgan fingerprint density at radius 3 is 1.08 bits per heavy atom. The van der Waals surface area contributed by atoms with E-state index in [2.05, 4.69) is 18.9 Å². The molecule has 24 heavy (non-hydrogen) atoms. The average molecular weight is 342 g/mol. The van der Waals surface area contributed by atoms with E-state index in [1.54, 1.807) is 12.2 Å². The fourth-order valence-corrected chi connectivity index (χ4v) is 2.82. The second-order valence-electron chi connectivity index (χ2n) is 5.34. The lowest BCUT2D eigenvalue weighted by molar-refractivity contribution is -0.164. The van der Waals surface area contributed by atoms with E-state index in [-0.39, 0.29) is 0 Å². The third-order valence-corrected chi connectivity index (χ3v) is 4.12. The molecule has 8 heteroatoms. The van der Waals surface area contributed by atoms with Crippen LogP contribution in [0.15, 0.2) is 12.2 Å². The lowest BCUT2D eigenvalue weighted by Gasteiger charge is -2.28. The van der Waals surface area contributed by atoms with Crippen molar-refractivity contribution in [1.29, 1.82) is 0 Å². The van der Waals surface area contributed by atoms with Crippen molar-refractivity contribution in [3.8, 4) is 0 Å². The number of hydrogen-bond donors (Lipinski definition) is 0. The molecule has 0 radical (unpaired) electrons. The summed E-state index contributed by atoms with van der Waals surface area (Å²) in [5.41, 5.74) is 0. The molecule has 0 saturated carbocycles. The molecule has 0 aromatic heterocycles. The van der Waals surface area contributed by atoms with Crippen LogP contribution in [0.5, 0.6) is 0 Å². The van der Waals surface area contributed by atoms with Crippen molar-refractivity contribution in [1.82, 2.24) is 0 Å². The summed E-state index contributed by atoms with van der Waals surface area (Å²) in [6.07, 6.45) is 4.07. The molecule has 0 bridgehead atoms. The van der Waals surface area contributed by atoms with Gasteiger partial charge in [-0.1, -0.05) is 12.2 Å². The molecule has 0 aromatic rings. The van der Waals surface area contributed by atoms with Crippen molar-refractivity contribution in [3.05, 3.63) is 12.2 Å². The normalized spacial score (nSPS) is 19.8. The van der Waals surface area contributed by atoms with Crippen molar-refractivity contribution >= 4 is 23.9 Å². The number of esters is 4. The summed E-state index contributed by atoms with van der Waals surface area (Å²) in [7, 11) is 4.77. The van der Waals surface area contributed by atoms with E-state index in [1.165, 1.54) is 28.4 Å². The Hall–Kier alpha value is -2.38. The molecule has 0 saturated heterocycles. The highest BCUT2D eigenvalue weighted by Gasteiger charge is 2.41. The maximum absolute atomic E-state index is 11.8. The third-order valence-electron chi connectivity index (χ3n) is 4.12. The van der Waals surface area contributed by atoms with Gasteiger partial charge in [-0.3, -0.25) is 19.2 Å². The van der Waals surface area contributed by atoms with Gasteiger partial charge in [0, 0.05) is 11.8 Å². The zero-order valence-electron chi connectivity index (χ0n) is 14.1. The highest BCUT2D eigenvalue weighted by atomic mass is 16.5. The van der Waals surface area contributed by atoms with Gasteiger partial charge in [-0.15, -0.1) is 0 Å². The first-order chi connectivity index (χ1) is 11.4. The van der Waals surface area contributed by atoms with Crippen LogP contribution in [-0.4, -0.2) is 52.3 Å². The molecule has 0 aliphatic heterocycles. The molecule has 0 fully saturated rings. The summed E-state index contributed by atoms with van der Waals surface area (Å²) in [6, 6.07) is 0. The Bertz CT molecular complexity index is 446. The van der Waals surface area contributed by atoms with Crippen LogP contribution in [0, 0.1) is 23.7 Å². The average Bonchev–Trinajstić information content (AvgIpc) is 2.62. The number of hydrogen-bond acceptors (Lipinski definition) is 8. The Balaban J connectivity index is 2.97. The van der Waals surface area contributed by atoms with Gasteiger partial charge in [0.15, 0.2) is 11.8 Å². The van der Waals surface area contributed by atoms with Crippen LogP contribution in [0.4, 0.5) is 0 Å². The lowest BCUT2D eigenvalue weighted by atomic mass is 9.76.